The van der Waals surface area contributed by atoms with Crippen LogP contribution in [-0.4, -0.2) is 118 Å². The molecule has 330 valence electrons. The number of aromatic carboxylic acids is 1. The van der Waals surface area contributed by atoms with E-state index < -0.39 is 5.97 Å². The molecule has 5 heterocycles. The van der Waals surface area contributed by atoms with Crippen LogP contribution in [0, 0.1) is 10.8 Å². The minimum Gasteiger partial charge on any atom is -0.477 e. The number of morpholine rings is 1. The molecule has 18 heteroatoms. The second kappa shape index (κ2) is 19.3. The van der Waals surface area contributed by atoms with Crippen LogP contribution in [0.25, 0.3) is 0 Å². The summed E-state index contributed by atoms with van der Waals surface area (Å²) < 4.78 is 5.39. The number of hydrogen-bond acceptors (Lipinski definition) is 14. The number of nitrogens with one attached hydrogen (secondary N) is 3. The van der Waals surface area contributed by atoms with Crippen LogP contribution < -0.4 is 25.8 Å². The summed E-state index contributed by atoms with van der Waals surface area (Å²) in [4.78, 5) is 49.4. The van der Waals surface area contributed by atoms with Gasteiger partial charge in [0.05, 0.1) is 26.4 Å². The van der Waals surface area contributed by atoms with Crippen LogP contribution in [0.4, 0.5) is 23.5 Å². The maximum absolute atomic E-state index is 13.1. The number of halogens is 2. The van der Waals surface area contributed by atoms with Crippen molar-refractivity contribution in [1.82, 2.24) is 30.2 Å². The van der Waals surface area contributed by atoms with Crippen molar-refractivity contribution in [2.75, 3.05) is 86.0 Å². The molecule has 0 unspecified atom stereocenters. The number of ether oxygens (including phenoxy) is 1. The molecule has 3 saturated heterocycles. The first-order valence-corrected chi connectivity index (χ1v) is 22.1. The Balaban J connectivity index is 0.000000176. The molecule has 62 heavy (non-hydrogen) atoms. The number of aliphatic hydroxyl groups excluding tert-OH is 2. The topological polar surface area (TPSA) is 201 Å². The molecule has 3 aliphatic heterocycles. The van der Waals surface area contributed by atoms with Gasteiger partial charge >= 0.3 is 5.97 Å². The lowest BCUT2D eigenvalue weighted by atomic mass is 10.1. The van der Waals surface area contributed by atoms with Crippen LogP contribution in [0.1, 0.15) is 81.5 Å². The maximum Gasteiger partial charge on any atom is 0.341 e. The van der Waals surface area contributed by atoms with Gasteiger partial charge in [-0.05, 0) is 83.7 Å². The van der Waals surface area contributed by atoms with Crippen molar-refractivity contribution in [3.8, 4) is 0 Å². The van der Waals surface area contributed by atoms with Gasteiger partial charge in [0.25, 0.3) is 5.91 Å². The Bertz CT molecular complexity index is 2250. The molecule has 9 rings (SSSR count). The number of carbonyl (C=O) groups excluding carboxylic acids is 1. The first-order chi connectivity index (χ1) is 30.0. The number of rotatable bonds is 15. The highest BCUT2D eigenvalue weighted by Gasteiger charge is 2.49. The highest BCUT2D eigenvalue weighted by Crippen LogP contribution is 2.54. The molecule has 2 saturated carbocycles. The summed E-state index contributed by atoms with van der Waals surface area (Å²) in [5, 5.41) is 38.5. The Morgan fingerprint density at radius 1 is 0.710 bits per heavy atom. The Morgan fingerprint density at radius 2 is 1.21 bits per heavy atom. The van der Waals surface area contributed by atoms with E-state index in [-0.39, 0.29) is 24.7 Å². The second-order valence-electron chi connectivity index (χ2n) is 17.1. The Morgan fingerprint density at radius 3 is 1.66 bits per heavy atom. The van der Waals surface area contributed by atoms with E-state index in [9.17, 15) is 24.9 Å². The minimum absolute atomic E-state index is 0.0390. The first-order valence-electron chi connectivity index (χ1n) is 21.3. The molecule has 1 amide bonds. The number of amides is 1. The van der Waals surface area contributed by atoms with Gasteiger partial charge in [0.2, 0.25) is 11.9 Å². The van der Waals surface area contributed by atoms with Crippen LogP contribution in [0.2, 0.25) is 10.0 Å². The molecule has 2 spiro atoms. The van der Waals surface area contributed by atoms with Crippen molar-refractivity contribution in [1.29, 1.82) is 0 Å². The number of nitrogens with zero attached hydrogens (tertiary/aromatic N) is 7. The van der Waals surface area contributed by atoms with Crippen molar-refractivity contribution in [3.63, 3.8) is 0 Å². The molecule has 2 aromatic carbocycles. The molecule has 2 aliphatic carbocycles. The van der Waals surface area contributed by atoms with Gasteiger partial charge in [-0.2, -0.15) is 9.97 Å². The van der Waals surface area contributed by atoms with Crippen LogP contribution in [0.3, 0.4) is 0 Å². The van der Waals surface area contributed by atoms with Crippen LogP contribution >= 0.6 is 23.2 Å². The fraction of sp³-hybridized carbons (Fsp3) is 0.500. The van der Waals surface area contributed by atoms with Gasteiger partial charge < -0.3 is 45.8 Å². The van der Waals surface area contributed by atoms with E-state index in [2.05, 4.69) is 45.6 Å². The summed E-state index contributed by atoms with van der Waals surface area (Å²) in [7, 11) is 0. The normalized spacial score (nSPS) is 18.4. The van der Waals surface area contributed by atoms with E-state index in [4.69, 9.17) is 32.9 Å². The molecule has 2 aromatic heterocycles. The zero-order chi connectivity index (χ0) is 43.3. The zero-order valence-electron chi connectivity index (χ0n) is 34.7. The maximum atomic E-state index is 13.1. The van der Waals surface area contributed by atoms with Gasteiger partial charge in [-0.15, -0.1) is 0 Å². The number of aromatic nitrogens is 4. The van der Waals surface area contributed by atoms with Crippen LogP contribution in [0.15, 0.2) is 48.8 Å². The molecule has 5 fully saturated rings. The smallest absolute Gasteiger partial charge is 0.341 e. The fourth-order valence-electron chi connectivity index (χ4n) is 8.30. The highest BCUT2D eigenvalue weighted by atomic mass is 35.5. The average Bonchev–Trinajstić information content (AvgIpc) is 4.13. The van der Waals surface area contributed by atoms with Crippen molar-refractivity contribution >= 4 is 58.6 Å². The van der Waals surface area contributed by atoms with Gasteiger partial charge in [-0.3, -0.25) is 9.69 Å². The molecule has 16 nitrogen and oxygen atoms in total. The van der Waals surface area contributed by atoms with Gasteiger partial charge in [-0.1, -0.05) is 47.5 Å². The van der Waals surface area contributed by atoms with Gasteiger partial charge in [0.15, 0.2) is 0 Å². The summed E-state index contributed by atoms with van der Waals surface area (Å²) in [6.07, 6.45) is 10.4. The number of carboxylic acids is 1. The van der Waals surface area contributed by atoms with E-state index in [0.29, 0.717) is 80.7 Å². The molecular formula is C44H54Cl2N10O6. The SMILES string of the molecule is O=C(NCCN1CCOCC1)c1cnc(N2CCC3(CC3)C2)nc1NCc1ccc(CO)c(Cl)c1.O=C(O)c1cnc(N2CCC3(CC3)C2)nc1NCc1ccc(CO)c(Cl)c1. The number of benzene rings is 2. The molecule has 0 radical (unpaired) electrons. The first kappa shape index (κ1) is 43.8. The summed E-state index contributed by atoms with van der Waals surface area (Å²) in [5.74, 6) is 0.776. The predicted octanol–water partition coefficient (Wildman–Crippen LogP) is 5.21. The van der Waals surface area contributed by atoms with Gasteiger partial charge in [0, 0.05) is 87.9 Å². The summed E-state index contributed by atoms with van der Waals surface area (Å²) in [6, 6.07) is 10.9. The Labute approximate surface area is 371 Å². The summed E-state index contributed by atoms with van der Waals surface area (Å²) in [5.41, 5.74) is 4.50. The third-order valence-electron chi connectivity index (χ3n) is 12.7. The fourth-order valence-corrected chi connectivity index (χ4v) is 8.83. The van der Waals surface area contributed by atoms with E-state index >= 15 is 0 Å². The highest BCUT2D eigenvalue weighted by molar-refractivity contribution is 6.31. The monoisotopic (exact) mass is 888 g/mol. The predicted molar refractivity (Wildman–Crippen MR) is 237 cm³/mol. The zero-order valence-corrected chi connectivity index (χ0v) is 36.2. The third kappa shape index (κ3) is 10.7. The Hall–Kier alpha value is -4.84. The molecular weight excluding hydrogens is 835 g/mol. The lowest BCUT2D eigenvalue weighted by Crippen LogP contribution is -2.41. The number of anilines is 4. The molecule has 5 aliphatic rings. The Kier molecular flexibility index (Phi) is 13.6. The number of carboxylic acid groups (broad SMARTS) is 1. The van der Waals surface area contributed by atoms with Gasteiger partial charge in [-0.25, -0.2) is 14.8 Å². The molecule has 0 bridgehead atoms. The minimum atomic E-state index is -1.07. The van der Waals surface area contributed by atoms with Crippen LogP contribution in [0.5, 0.6) is 0 Å². The van der Waals surface area contributed by atoms with Gasteiger partial charge in [0.1, 0.15) is 22.8 Å². The molecule has 6 N–H and O–H groups in total. The van der Waals surface area contributed by atoms with Crippen molar-refractivity contribution in [2.24, 2.45) is 10.8 Å². The van der Waals surface area contributed by atoms with Crippen molar-refractivity contribution in [3.05, 3.63) is 92.2 Å². The quantitative estimate of drug-likeness (QED) is 0.0908. The van der Waals surface area contributed by atoms with E-state index in [1.165, 1.54) is 38.3 Å². The summed E-state index contributed by atoms with van der Waals surface area (Å²) >= 11 is 12.4. The van der Waals surface area contributed by atoms with Crippen molar-refractivity contribution in [2.45, 2.75) is 64.8 Å². The standard InChI is InChI=1S/C25H33ClN6O3.C19H21ClN4O3/c26-21-13-18(1-2-19(21)16-33)14-28-22-20(23(34)27-6-8-31-9-11-35-12-10-31)15-29-24(30-22)32-7-5-25(17-32)3-4-25;20-15-7-12(1-2-13(15)10-25)8-21-16-14(17(26)27)9-22-18(23-16)24-6-5-19(11-24)3-4-19/h1-2,13,15,33H,3-12,14,16-17H2,(H,27,34)(H,28,29,30);1-2,7,9,25H,3-6,8,10-11H2,(H,26,27)(H,21,22,23). The second-order valence-corrected chi connectivity index (χ2v) is 17.9. The lowest BCUT2D eigenvalue weighted by molar-refractivity contribution is 0.0383. The van der Waals surface area contributed by atoms with E-state index in [1.807, 2.05) is 24.3 Å². The van der Waals surface area contributed by atoms with E-state index in [1.54, 1.807) is 18.3 Å². The average molecular weight is 890 g/mol. The number of carbonyl (C=O) groups is 2. The number of aliphatic hydroxyl groups is 2. The largest absolute Gasteiger partial charge is 0.477 e. The summed E-state index contributed by atoms with van der Waals surface area (Å²) in [6.45, 7) is 8.93. The number of hydrogen-bond donors (Lipinski definition) is 6. The third-order valence-corrected chi connectivity index (χ3v) is 13.4. The molecule has 4 aromatic rings. The van der Waals surface area contributed by atoms with E-state index in [0.717, 1.165) is 76.6 Å². The lowest BCUT2D eigenvalue weighted by Gasteiger charge is -2.26. The van der Waals surface area contributed by atoms with Crippen LogP contribution in [-0.2, 0) is 31.0 Å². The van der Waals surface area contributed by atoms with Crippen molar-refractivity contribution < 1.29 is 29.6 Å². The molecule has 0 atom stereocenters.